The van der Waals surface area contributed by atoms with E-state index in [4.69, 9.17) is 0 Å². The van der Waals surface area contributed by atoms with Crippen LogP contribution in [0.2, 0.25) is 0 Å². The molecular formula is C13H22N4. The minimum atomic E-state index is 0.609. The topological polar surface area (TPSA) is 31.4 Å². The molecule has 1 unspecified atom stereocenters. The van der Waals surface area contributed by atoms with Crippen LogP contribution >= 0.6 is 0 Å². The summed E-state index contributed by atoms with van der Waals surface area (Å²) in [5, 5.41) is 3.49. The van der Waals surface area contributed by atoms with Crippen molar-refractivity contribution in [2.45, 2.75) is 12.6 Å². The third-order valence-electron chi connectivity index (χ3n) is 3.39. The molecule has 4 nitrogen and oxygen atoms in total. The van der Waals surface area contributed by atoms with Gasteiger partial charge in [0.05, 0.1) is 5.69 Å². The van der Waals surface area contributed by atoms with Crippen molar-refractivity contribution in [1.82, 2.24) is 20.1 Å². The summed E-state index contributed by atoms with van der Waals surface area (Å²) in [6, 6.07) is 6.65. The van der Waals surface area contributed by atoms with Crippen molar-refractivity contribution in [2.75, 3.05) is 40.3 Å². The standard InChI is InChI=1S/C13H22N4/c1-16-7-8-17(2)13(11-16)10-14-9-12-5-3-4-6-15-12/h3-6,13-14H,7-11H2,1-2H3. The monoisotopic (exact) mass is 234 g/mol. The summed E-state index contributed by atoms with van der Waals surface area (Å²) in [6.07, 6.45) is 1.84. The lowest BCUT2D eigenvalue weighted by atomic mass is 10.2. The Bertz CT molecular complexity index is 327. The van der Waals surface area contributed by atoms with Crippen molar-refractivity contribution in [3.8, 4) is 0 Å². The van der Waals surface area contributed by atoms with Crippen LogP contribution in [0.25, 0.3) is 0 Å². The number of rotatable bonds is 4. The van der Waals surface area contributed by atoms with E-state index in [0.717, 1.165) is 31.9 Å². The summed E-state index contributed by atoms with van der Waals surface area (Å²) in [5.74, 6) is 0. The fourth-order valence-electron chi connectivity index (χ4n) is 2.19. The normalized spacial score (nSPS) is 22.8. The van der Waals surface area contributed by atoms with E-state index in [1.807, 2.05) is 18.3 Å². The molecule has 1 fully saturated rings. The van der Waals surface area contributed by atoms with Crippen molar-refractivity contribution < 1.29 is 0 Å². The van der Waals surface area contributed by atoms with Gasteiger partial charge in [-0.2, -0.15) is 0 Å². The smallest absolute Gasteiger partial charge is 0.0541 e. The van der Waals surface area contributed by atoms with Gasteiger partial charge >= 0.3 is 0 Å². The van der Waals surface area contributed by atoms with Crippen LogP contribution in [0.4, 0.5) is 0 Å². The first kappa shape index (κ1) is 12.5. The summed E-state index contributed by atoms with van der Waals surface area (Å²) >= 11 is 0. The number of hydrogen-bond donors (Lipinski definition) is 1. The Hall–Kier alpha value is -0.970. The van der Waals surface area contributed by atoms with Gasteiger partial charge in [0.15, 0.2) is 0 Å². The maximum Gasteiger partial charge on any atom is 0.0541 e. The van der Waals surface area contributed by atoms with Crippen LogP contribution in [-0.2, 0) is 6.54 Å². The Morgan fingerprint density at radius 3 is 3.00 bits per heavy atom. The molecule has 0 saturated carbocycles. The van der Waals surface area contributed by atoms with Gasteiger partial charge in [-0.1, -0.05) is 6.07 Å². The Kier molecular flexibility index (Phi) is 4.48. The lowest BCUT2D eigenvalue weighted by molar-refractivity contribution is 0.113. The van der Waals surface area contributed by atoms with Crippen LogP contribution in [0.1, 0.15) is 5.69 Å². The summed E-state index contributed by atoms with van der Waals surface area (Å²) < 4.78 is 0. The Morgan fingerprint density at radius 1 is 1.35 bits per heavy atom. The van der Waals surface area contributed by atoms with Gasteiger partial charge in [0, 0.05) is 45.0 Å². The van der Waals surface area contributed by atoms with Gasteiger partial charge in [0.1, 0.15) is 0 Å². The second-order valence-electron chi connectivity index (χ2n) is 4.85. The molecule has 0 bridgehead atoms. The van der Waals surface area contributed by atoms with E-state index in [9.17, 15) is 0 Å². The largest absolute Gasteiger partial charge is 0.310 e. The minimum absolute atomic E-state index is 0.609. The first-order valence-electron chi connectivity index (χ1n) is 6.25. The molecule has 1 aromatic heterocycles. The van der Waals surface area contributed by atoms with Crippen LogP contribution in [0.15, 0.2) is 24.4 Å². The Morgan fingerprint density at radius 2 is 2.24 bits per heavy atom. The first-order valence-corrected chi connectivity index (χ1v) is 6.25. The molecule has 1 aliphatic rings. The maximum absolute atomic E-state index is 4.31. The van der Waals surface area contributed by atoms with Crippen molar-refractivity contribution in [3.05, 3.63) is 30.1 Å². The number of pyridine rings is 1. The molecule has 1 N–H and O–H groups in total. The summed E-state index contributed by atoms with van der Waals surface area (Å²) in [6.45, 7) is 5.36. The zero-order valence-electron chi connectivity index (χ0n) is 10.8. The van der Waals surface area contributed by atoms with Crippen LogP contribution < -0.4 is 5.32 Å². The zero-order valence-corrected chi connectivity index (χ0v) is 10.8. The maximum atomic E-state index is 4.31. The van der Waals surface area contributed by atoms with Gasteiger partial charge in [0.2, 0.25) is 0 Å². The molecule has 0 aromatic carbocycles. The second-order valence-corrected chi connectivity index (χ2v) is 4.85. The minimum Gasteiger partial charge on any atom is -0.310 e. The molecule has 0 radical (unpaired) electrons. The molecule has 2 heterocycles. The molecular weight excluding hydrogens is 212 g/mol. The lowest BCUT2D eigenvalue weighted by Gasteiger charge is -2.37. The molecule has 0 spiro atoms. The molecule has 2 rings (SSSR count). The average molecular weight is 234 g/mol. The van der Waals surface area contributed by atoms with E-state index >= 15 is 0 Å². The molecule has 0 aliphatic carbocycles. The van der Waals surface area contributed by atoms with Gasteiger partial charge in [0.25, 0.3) is 0 Å². The van der Waals surface area contributed by atoms with Crippen molar-refractivity contribution in [3.63, 3.8) is 0 Å². The van der Waals surface area contributed by atoms with Crippen molar-refractivity contribution >= 4 is 0 Å². The van der Waals surface area contributed by atoms with Gasteiger partial charge in [-0.25, -0.2) is 0 Å². The van der Waals surface area contributed by atoms with Gasteiger partial charge in [-0.3, -0.25) is 9.88 Å². The van der Waals surface area contributed by atoms with Crippen molar-refractivity contribution in [2.24, 2.45) is 0 Å². The number of nitrogens with zero attached hydrogens (tertiary/aromatic N) is 3. The van der Waals surface area contributed by atoms with Gasteiger partial charge < -0.3 is 10.2 Å². The van der Waals surface area contributed by atoms with E-state index in [1.165, 1.54) is 6.54 Å². The van der Waals surface area contributed by atoms with Gasteiger partial charge in [-0.05, 0) is 26.2 Å². The van der Waals surface area contributed by atoms with Crippen LogP contribution in [-0.4, -0.2) is 61.1 Å². The SMILES string of the molecule is CN1CCN(C)C(CNCc2ccccn2)C1. The van der Waals surface area contributed by atoms with Crippen LogP contribution in [0.3, 0.4) is 0 Å². The fraction of sp³-hybridized carbons (Fsp3) is 0.615. The van der Waals surface area contributed by atoms with Crippen LogP contribution in [0.5, 0.6) is 0 Å². The van der Waals surface area contributed by atoms with E-state index < -0.39 is 0 Å². The molecule has 1 saturated heterocycles. The third-order valence-corrected chi connectivity index (χ3v) is 3.39. The summed E-state index contributed by atoms with van der Waals surface area (Å²) in [7, 11) is 4.40. The third kappa shape index (κ3) is 3.77. The zero-order chi connectivity index (χ0) is 12.1. The van der Waals surface area contributed by atoms with E-state index in [-0.39, 0.29) is 0 Å². The fourth-order valence-corrected chi connectivity index (χ4v) is 2.19. The molecule has 1 aromatic rings. The Balaban J connectivity index is 1.74. The molecule has 0 amide bonds. The Labute approximate surface area is 104 Å². The van der Waals surface area contributed by atoms with Crippen LogP contribution in [0, 0.1) is 0 Å². The predicted octanol–water partition coefficient (Wildman–Crippen LogP) is 0.417. The highest BCUT2D eigenvalue weighted by Gasteiger charge is 2.21. The second kappa shape index (κ2) is 6.10. The molecule has 94 valence electrons. The molecule has 1 atom stereocenters. The molecule has 17 heavy (non-hydrogen) atoms. The first-order chi connectivity index (χ1) is 8.25. The van der Waals surface area contributed by atoms with E-state index in [2.05, 4.69) is 40.3 Å². The van der Waals surface area contributed by atoms with E-state index in [0.29, 0.717) is 6.04 Å². The lowest BCUT2D eigenvalue weighted by Crippen LogP contribution is -2.53. The molecule has 1 aliphatic heterocycles. The van der Waals surface area contributed by atoms with Crippen molar-refractivity contribution in [1.29, 1.82) is 0 Å². The molecule has 4 heteroatoms. The highest BCUT2D eigenvalue weighted by molar-refractivity contribution is 5.03. The highest BCUT2D eigenvalue weighted by Crippen LogP contribution is 2.04. The average Bonchev–Trinajstić information content (AvgIpc) is 2.35. The van der Waals surface area contributed by atoms with E-state index in [1.54, 1.807) is 0 Å². The highest BCUT2D eigenvalue weighted by atomic mass is 15.3. The number of likely N-dealkylation sites (N-methyl/N-ethyl adjacent to an activating group) is 2. The summed E-state index contributed by atoms with van der Waals surface area (Å²) in [4.78, 5) is 9.14. The number of hydrogen-bond acceptors (Lipinski definition) is 4. The predicted molar refractivity (Wildman–Crippen MR) is 69.9 cm³/mol. The number of nitrogens with one attached hydrogen (secondary N) is 1. The number of aromatic nitrogens is 1. The summed E-state index contributed by atoms with van der Waals surface area (Å²) in [5.41, 5.74) is 1.11. The quantitative estimate of drug-likeness (QED) is 0.818. The van der Waals surface area contributed by atoms with Gasteiger partial charge in [-0.15, -0.1) is 0 Å². The number of piperazine rings is 1.